The van der Waals surface area contributed by atoms with Crippen LogP contribution in [-0.4, -0.2) is 32.7 Å². The van der Waals surface area contributed by atoms with Crippen molar-refractivity contribution in [3.8, 4) is 11.4 Å². The van der Waals surface area contributed by atoms with Crippen LogP contribution in [0.4, 0.5) is 0 Å². The summed E-state index contributed by atoms with van der Waals surface area (Å²) in [6.07, 6.45) is 0. The molecule has 1 heterocycles. The van der Waals surface area contributed by atoms with E-state index in [9.17, 15) is 4.79 Å². The Labute approximate surface area is 165 Å². The summed E-state index contributed by atoms with van der Waals surface area (Å²) in [7, 11) is 0. The molecule has 1 aromatic heterocycles. The molecule has 1 N–H and O–H groups in total. The molecule has 0 aliphatic rings. The van der Waals surface area contributed by atoms with Crippen LogP contribution in [-0.2, 0) is 11.3 Å². The van der Waals surface area contributed by atoms with Crippen molar-refractivity contribution in [2.45, 2.75) is 6.54 Å². The Hall–Kier alpha value is -3.45. The highest BCUT2D eigenvalue weighted by Gasteiger charge is 2.10. The molecule has 0 saturated carbocycles. The molecule has 0 bridgehead atoms. The van der Waals surface area contributed by atoms with Gasteiger partial charge in [0, 0.05) is 5.02 Å². The molecule has 140 valence electrons. The minimum Gasteiger partial charge on any atom is -0.484 e. The largest absolute Gasteiger partial charge is 0.484 e. The van der Waals surface area contributed by atoms with Gasteiger partial charge in [-0.25, -0.2) is 0 Å². The minimum atomic E-state index is -0.265. The fourth-order valence-corrected chi connectivity index (χ4v) is 2.86. The average Bonchev–Trinajstić information content (AvgIpc) is 3.20. The van der Waals surface area contributed by atoms with Crippen LogP contribution in [0.1, 0.15) is 5.82 Å². The molecule has 0 atom stereocenters. The second-order valence-corrected chi connectivity index (χ2v) is 6.49. The number of rotatable bonds is 6. The number of hydrogen-bond acceptors (Lipinski definition) is 5. The van der Waals surface area contributed by atoms with E-state index in [1.165, 1.54) is 0 Å². The first-order chi connectivity index (χ1) is 13.7. The van der Waals surface area contributed by atoms with Gasteiger partial charge in [-0.05, 0) is 57.6 Å². The highest BCUT2D eigenvalue weighted by molar-refractivity contribution is 6.30. The van der Waals surface area contributed by atoms with Crippen molar-refractivity contribution in [1.29, 1.82) is 0 Å². The van der Waals surface area contributed by atoms with Gasteiger partial charge in [0.2, 0.25) is 0 Å². The van der Waals surface area contributed by atoms with Crippen LogP contribution in [0.5, 0.6) is 5.75 Å². The summed E-state index contributed by atoms with van der Waals surface area (Å²) < 4.78 is 7.13. The van der Waals surface area contributed by atoms with E-state index in [1.54, 1.807) is 28.9 Å². The van der Waals surface area contributed by atoms with Crippen molar-refractivity contribution < 1.29 is 9.53 Å². The first-order valence-corrected chi connectivity index (χ1v) is 8.98. The van der Waals surface area contributed by atoms with Gasteiger partial charge in [0.25, 0.3) is 5.91 Å². The van der Waals surface area contributed by atoms with Gasteiger partial charge >= 0.3 is 0 Å². The number of ether oxygens (including phenoxy) is 1. The van der Waals surface area contributed by atoms with E-state index in [-0.39, 0.29) is 19.1 Å². The van der Waals surface area contributed by atoms with Crippen molar-refractivity contribution in [3.05, 3.63) is 77.6 Å². The van der Waals surface area contributed by atoms with Gasteiger partial charge in [-0.2, -0.15) is 4.68 Å². The lowest BCUT2D eigenvalue weighted by atomic mass is 10.1. The molecule has 0 unspecified atom stereocenters. The van der Waals surface area contributed by atoms with E-state index >= 15 is 0 Å². The lowest BCUT2D eigenvalue weighted by Crippen LogP contribution is -2.29. The summed E-state index contributed by atoms with van der Waals surface area (Å²) in [5.41, 5.74) is 0.756. The Bertz CT molecular complexity index is 1110. The van der Waals surface area contributed by atoms with Gasteiger partial charge in [0.15, 0.2) is 12.4 Å². The van der Waals surface area contributed by atoms with Gasteiger partial charge in [0.05, 0.1) is 12.2 Å². The van der Waals surface area contributed by atoms with E-state index in [2.05, 4.69) is 20.8 Å². The third kappa shape index (κ3) is 4.10. The first-order valence-electron chi connectivity index (χ1n) is 8.60. The summed E-state index contributed by atoms with van der Waals surface area (Å²) in [6.45, 7) is 0.0798. The van der Waals surface area contributed by atoms with E-state index in [0.29, 0.717) is 16.6 Å². The Balaban J connectivity index is 1.34. The SMILES string of the molecule is O=C(COc1ccc2ccccc2c1)NCc1nnnn1-c1ccc(Cl)cc1. The van der Waals surface area contributed by atoms with Crippen molar-refractivity contribution in [3.63, 3.8) is 0 Å². The molecule has 1 amide bonds. The zero-order chi connectivity index (χ0) is 19.3. The quantitative estimate of drug-likeness (QED) is 0.544. The molecular weight excluding hydrogens is 378 g/mol. The zero-order valence-electron chi connectivity index (χ0n) is 14.7. The number of halogens is 1. The number of nitrogens with one attached hydrogen (secondary N) is 1. The predicted molar refractivity (Wildman–Crippen MR) is 105 cm³/mol. The maximum absolute atomic E-state index is 12.1. The smallest absolute Gasteiger partial charge is 0.258 e. The Kier molecular flexibility index (Phi) is 5.16. The molecule has 0 spiro atoms. The number of hydrogen-bond donors (Lipinski definition) is 1. The number of amides is 1. The van der Waals surface area contributed by atoms with E-state index in [1.807, 2.05) is 42.5 Å². The predicted octanol–water partition coefficient (Wildman–Crippen LogP) is 3.16. The van der Waals surface area contributed by atoms with Crippen molar-refractivity contribution in [2.75, 3.05) is 6.61 Å². The van der Waals surface area contributed by atoms with Gasteiger partial charge in [-0.1, -0.05) is 41.9 Å². The molecule has 28 heavy (non-hydrogen) atoms. The number of carbonyl (C=O) groups is 1. The number of benzene rings is 3. The summed E-state index contributed by atoms with van der Waals surface area (Å²) in [6, 6.07) is 20.8. The number of carbonyl (C=O) groups excluding carboxylic acids is 1. The van der Waals surface area contributed by atoms with E-state index in [4.69, 9.17) is 16.3 Å². The van der Waals surface area contributed by atoms with Gasteiger partial charge in [0.1, 0.15) is 5.75 Å². The average molecular weight is 394 g/mol. The Morgan fingerprint density at radius 3 is 2.64 bits per heavy atom. The third-order valence-corrected chi connectivity index (χ3v) is 4.39. The maximum Gasteiger partial charge on any atom is 0.258 e. The fraction of sp³-hybridized carbons (Fsp3) is 0.100. The summed E-state index contributed by atoms with van der Waals surface area (Å²) in [4.78, 5) is 12.1. The molecular formula is C20H16ClN5O2. The monoisotopic (exact) mass is 393 g/mol. The molecule has 0 radical (unpaired) electrons. The van der Waals surface area contributed by atoms with Gasteiger partial charge in [-0.15, -0.1) is 5.10 Å². The molecule has 0 saturated heterocycles. The van der Waals surface area contributed by atoms with Gasteiger partial charge < -0.3 is 10.1 Å². The van der Waals surface area contributed by atoms with Crippen LogP contribution in [0.15, 0.2) is 66.7 Å². The topological polar surface area (TPSA) is 81.9 Å². The van der Waals surface area contributed by atoms with Crippen LogP contribution in [0, 0.1) is 0 Å². The van der Waals surface area contributed by atoms with E-state index in [0.717, 1.165) is 16.5 Å². The zero-order valence-corrected chi connectivity index (χ0v) is 15.5. The van der Waals surface area contributed by atoms with Crippen LogP contribution in [0.25, 0.3) is 16.5 Å². The molecule has 0 aliphatic carbocycles. The highest BCUT2D eigenvalue weighted by Crippen LogP contribution is 2.20. The highest BCUT2D eigenvalue weighted by atomic mass is 35.5. The van der Waals surface area contributed by atoms with Crippen LogP contribution in [0.2, 0.25) is 5.02 Å². The van der Waals surface area contributed by atoms with E-state index < -0.39 is 0 Å². The van der Waals surface area contributed by atoms with Gasteiger partial charge in [-0.3, -0.25) is 4.79 Å². The van der Waals surface area contributed by atoms with Crippen molar-refractivity contribution in [1.82, 2.24) is 25.5 Å². The second-order valence-electron chi connectivity index (χ2n) is 6.06. The Morgan fingerprint density at radius 2 is 1.82 bits per heavy atom. The lowest BCUT2D eigenvalue weighted by molar-refractivity contribution is -0.123. The fourth-order valence-electron chi connectivity index (χ4n) is 2.73. The summed E-state index contributed by atoms with van der Waals surface area (Å²) in [5, 5.41) is 17.1. The van der Waals surface area contributed by atoms with Crippen molar-refractivity contribution >= 4 is 28.3 Å². The first kappa shape index (κ1) is 17.9. The third-order valence-electron chi connectivity index (χ3n) is 4.14. The number of nitrogens with zero attached hydrogens (tertiary/aromatic N) is 4. The molecule has 4 rings (SSSR count). The number of tetrazole rings is 1. The molecule has 8 heteroatoms. The minimum absolute atomic E-state index is 0.0964. The maximum atomic E-state index is 12.1. The number of aromatic nitrogens is 4. The Morgan fingerprint density at radius 1 is 1.04 bits per heavy atom. The molecule has 3 aromatic carbocycles. The molecule has 0 aliphatic heterocycles. The summed E-state index contributed by atoms with van der Waals surface area (Å²) in [5.74, 6) is 0.875. The summed E-state index contributed by atoms with van der Waals surface area (Å²) >= 11 is 5.90. The van der Waals surface area contributed by atoms with Crippen LogP contribution < -0.4 is 10.1 Å². The number of fused-ring (bicyclic) bond motifs is 1. The molecule has 0 fully saturated rings. The standard InChI is InChI=1S/C20H16ClN5O2/c21-16-6-8-17(9-7-16)26-19(23-24-25-26)12-22-20(27)13-28-18-10-5-14-3-1-2-4-15(14)11-18/h1-11H,12-13H2,(H,22,27). The molecule has 7 nitrogen and oxygen atoms in total. The van der Waals surface area contributed by atoms with Crippen molar-refractivity contribution in [2.24, 2.45) is 0 Å². The molecule has 4 aromatic rings. The van der Waals surface area contributed by atoms with Crippen LogP contribution in [0.3, 0.4) is 0 Å². The second kappa shape index (κ2) is 8.06. The van der Waals surface area contributed by atoms with Crippen LogP contribution >= 0.6 is 11.6 Å². The normalized spacial score (nSPS) is 10.8. The lowest BCUT2D eigenvalue weighted by Gasteiger charge is -2.09.